The van der Waals surface area contributed by atoms with Crippen LogP contribution in [0.1, 0.15) is 5.56 Å². The summed E-state index contributed by atoms with van der Waals surface area (Å²) < 4.78 is 41.1. The molecule has 0 radical (unpaired) electrons. The second-order valence-electron chi connectivity index (χ2n) is 5.44. The quantitative estimate of drug-likeness (QED) is 0.802. The van der Waals surface area contributed by atoms with Gasteiger partial charge < -0.3 is 10.6 Å². The minimum atomic E-state index is -4.02. The molecule has 0 unspecified atom stereocenters. The molecule has 1 aliphatic heterocycles. The van der Waals surface area contributed by atoms with Gasteiger partial charge in [0, 0.05) is 10.7 Å². The molecule has 0 fully saturated rings. The Bertz CT molecular complexity index is 1030. The molecular formula is C16H13ClFN3O3S2. The Morgan fingerprint density at radius 2 is 2.08 bits per heavy atom. The topological polar surface area (TPSA) is 87.6 Å². The smallest absolute Gasteiger partial charge is 0.286 e. The summed E-state index contributed by atoms with van der Waals surface area (Å²) in [5.41, 5.74) is 1.65. The van der Waals surface area contributed by atoms with E-state index in [-0.39, 0.29) is 27.4 Å². The Morgan fingerprint density at radius 1 is 1.31 bits per heavy atom. The molecule has 1 heterocycles. The van der Waals surface area contributed by atoms with Crippen molar-refractivity contribution in [3.63, 3.8) is 0 Å². The summed E-state index contributed by atoms with van der Waals surface area (Å²) in [6, 6.07) is 8.48. The number of benzene rings is 2. The van der Waals surface area contributed by atoms with Gasteiger partial charge in [0.2, 0.25) is 5.91 Å². The van der Waals surface area contributed by atoms with Crippen LogP contribution in [-0.2, 0) is 14.8 Å². The van der Waals surface area contributed by atoms with Crippen molar-refractivity contribution in [2.75, 3.05) is 16.4 Å². The molecule has 136 valence electrons. The van der Waals surface area contributed by atoms with Crippen molar-refractivity contribution < 1.29 is 17.6 Å². The van der Waals surface area contributed by atoms with Gasteiger partial charge in [-0.15, -0.1) is 4.40 Å². The third-order valence-corrected chi connectivity index (χ3v) is 6.17. The zero-order valence-electron chi connectivity index (χ0n) is 13.4. The van der Waals surface area contributed by atoms with Crippen LogP contribution in [0.25, 0.3) is 0 Å². The van der Waals surface area contributed by atoms with E-state index in [9.17, 15) is 17.6 Å². The Hall–Kier alpha value is -2.10. The van der Waals surface area contributed by atoms with E-state index in [1.165, 1.54) is 6.07 Å². The molecule has 0 aliphatic carbocycles. The summed E-state index contributed by atoms with van der Waals surface area (Å²) in [7, 11) is -4.02. The van der Waals surface area contributed by atoms with E-state index in [4.69, 9.17) is 11.6 Å². The number of amidine groups is 1. The van der Waals surface area contributed by atoms with Gasteiger partial charge >= 0.3 is 0 Å². The summed E-state index contributed by atoms with van der Waals surface area (Å²) in [4.78, 5) is 11.8. The van der Waals surface area contributed by atoms with Crippen LogP contribution in [0.2, 0.25) is 5.02 Å². The summed E-state index contributed by atoms with van der Waals surface area (Å²) in [6.07, 6.45) is 0. The largest absolute Gasteiger partial charge is 0.333 e. The third kappa shape index (κ3) is 4.17. The lowest BCUT2D eigenvalue weighted by Crippen LogP contribution is -2.22. The predicted molar refractivity (Wildman–Crippen MR) is 102 cm³/mol. The SMILES string of the molecule is Cc1ccc(NC(=O)CSC2=NS(=O)(=O)c3cc(F)ccc3N2)cc1Cl. The van der Waals surface area contributed by atoms with E-state index < -0.39 is 15.8 Å². The number of nitrogens with one attached hydrogen (secondary N) is 2. The lowest BCUT2D eigenvalue weighted by molar-refractivity contribution is -0.113. The predicted octanol–water partition coefficient (Wildman–Crippen LogP) is 3.63. The molecule has 2 aromatic carbocycles. The molecular weight excluding hydrogens is 401 g/mol. The number of sulfonamides is 1. The maximum Gasteiger partial charge on any atom is 0.286 e. The molecule has 1 aliphatic rings. The van der Waals surface area contributed by atoms with Gasteiger partial charge in [-0.25, -0.2) is 4.39 Å². The van der Waals surface area contributed by atoms with E-state index in [2.05, 4.69) is 15.0 Å². The lowest BCUT2D eigenvalue weighted by Gasteiger charge is -2.17. The van der Waals surface area contributed by atoms with Crippen molar-refractivity contribution in [1.29, 1.82) is 0 Å². The number of hydrogen-bond donors (Lipinski definition) is 2. The Balaban J connectivity index is 1.66. The number of thioether (sulfide) groups is 1. The summed E-state index contributed by atoms with van der Waals surface area (Å²) in [6.45, 7) is 1.85. The normalized spacial score (nSPS) is 14.8. The number of carbonyl (C=O) groups excluding carboxylic acids is 1. The molecule has 2 N–H and O–H groups in total. The number of nitrogens with zero attached hydrogens (tertiary/aromatic N) is 1. The average Bonchev–Trinajstić information content (AvgIpc) is 2.57. The van der Waals surface area contributed by atoms with Gasteiger partial charge in [0.1, 0.15) is 10.7 Å². The van der Waals surface area contributed by atoms with Crippen LogP contribution in [0.3, 0.4) is 0 Å². The minimum absolute atomic E-state index is 0.0428. The van der Waals surface area contributed by atoms with Gasteiger partial charge in [0.25, 0.3) is 10.0 Å². The molecule has 26 heavy (non-hydrogen) atoms. The molecule has 0 bridgehead atoms. The maximum atomic E-state index is 13.2. The molecule has 2 aromatic rings. The molecule has 0 saturated carbocycles. The first-order valence-electron chi connectivity index (χ1n) is 7.35. The fourth-order valence-corrected chi connectivity index (χ4v) is 4.40. The van der Waals surface area contributed by atoms with E-state index in [0.717, 1.165) is 29.5 Å². The molecule has 0 aromatic heterocycles. The fraction of sp³-hybridized carbons (Fsp3) is 0.125. The molecule has 10 heteroatoms. The molecule has 6 nitrogen and oxygen atoms in total. The summed E-state index contributed by atoms with van der Waals surface area (Å²) in [5, 5.41) is 6.03. The summed E-state index contributed by atoms with van der Waals surface area (Å²) >= 11 is 6.93. The number of carbonyl (C=O) groups is 1. The van der Waals surface area contributed by atoms with Crippen LogP contribution in [-0.4, -0.2) is 25.2 Å². The molecule has 3 rings (SSSR count). The van der Waals surface area contributed by atoms with Gasteiger partial charge in [-0.1, -0.05) is 29.4 Å². The highest BCUT2D eigenvalue weighted by atomic mass is 35.5. The first kappa shape index (κ1) is 18.7. The van der Waals surface area contributed by atoms with Crippen molar-refractivity contribution in [2.45, 2.75) is 11.8 Å². The standard InChI is InChI=1S/C16H13ClFN3O3S2/c1-9-2-4-11(7-12(9)17)19-15(22)8-25-16-20-13-5-3-10(18)6-14(13)26(23,24)21-16/h2-7H,8H2,1H3,(H,19,22)(H,20,21). The van der Waals surface area contributed by atoms with E-state index in [0.29, 0.717) is 10.7 Å². The van der Waals surface area contributed by atoms with E-state index in [1.807, 2.05) is 6.92 Å². The number of fused-ring (bicyclic) bond motifs is 1. The van der Waals surface area contributed by atoms with Gasteiger partial charge in [0.15, 0.2) is 5.17 Å². The lowest BCUT2D eigenvalue weighted by atomic mass is 10.2. The van der Waals surface area contributed by atoms with Crippen molar-refractivity contribution in [2.24, 2.45) is 4.40 Å². The van der Waals surface area contributed by atoms with Crippen LogP contribution in [0.4, 0.5) is 15.8 Å². The highest BCUT2D eigenvalue weighted by Crippen LogP contribution is 2.30. The molecule has 0 saturated heterocycles. The number of rotatable bonds is 3. The van der Waals surface area contributed by atoms with E-state index in [1.54, 1.807) is 18.2 Å². The van der Waals surface area contributed by atoms with Crippen LogP contribution in [0.5, 0.6) is 0 Å². The number of aryl methyl sites for hydroxylation is 1. The number of anilines is 2. The van der Waals surface area contributed by atoms with Crippen LogP contribution in [0.15, 0.2) is 45.7 Å². The van der Waals surface area contributed by atoms with Crippen molar-refractivity contribution >= 4 is 55.8 Å². The Morgan fingerprint density at radius 3 is 2.81 bits per heavy atom. The number of hydrogen-bond acceptors (Lipinski definition) is 5. The first-order chi connectivity index (χ1) is 12.2. The Kier molecular flexibility index (Phi) is 5.22. The second kappa shape index (κ2) is 7.26. The van der Waals surface area contributed by atoms with Crippen LogP contribution in [0, 0.1) is 12.7 Å². The zero-order valence-corrected chi connectivity index (χ0v) is 15.8. The van der Waals surface area contributed by atoms with E-state index >= 15 is 0 Å². The van der Waals surface area contributed by atoms with Crippen molar-refractivity contribution in [1.82, 2.24) is 0 Å². The van der Waals surface area contributed by atoms with Gasteiger partial charge in [-0.3, -0.25) is 4.79 Å². The second-order valence-corrected chi connectivity index (χ2v) is 8.38. The first-order valence-corrected chi connectivity index (χ1v) is 10.2. The monoisotopic (exact) mass is 413 g/mol. The zero-order chi connectivity index (χ0) is 18.9. The van der Waals surface area contributed by atoms with Crippen LogP contribution < -0.4 is 10.6 Å². The van der Waals surface area contributed by atoms with Gasteiger partial charge in [0.05, 0.1) is 11.4 Å². The number of amides is 1. The van der Waals surface area contributed by atoms with Crippen LogP contribution >= 0.6 is 23.4 Å². The average molecular weight is 414 g/mol. The van der Waals surface area contributed by atoms with Crippen molar-refractivity contribution in [3.05, 3.63) is 52.8 Å². The van der Waals surface area contributed by atoms with Gasteiger partial charge in [-0.2, -0.15) is 8.42 Å². The Labute approximate surface area is 158 Å². The highest BCUT2D eigenvalue weighted by molar-refractivity contribution is 8.15. The third-order valence-electron chi connectivity index (χ3n) is 3.46. The van der Waals surface area contributed by atoms with Crippen molar-refractivity contribution in [3.8, 4) is 0 Å². The maximum absolute atomic E-state index is 13.2. The minimum Gasteiger partial charge on any atom is -0.333 e. The molecule has 1 amide bonds. The highest BCUT2D eigenvalue weighted by Gasteiger charge is 2.26. The van der Waals surface area contributed by atoms with Gasteiger partial charge in [-0.05, 0) is 42.8 Å². The molecule has 0 spiro atoms. The number of halogens is 2. The fourth-order valence-electron chi connectivity index (χ4n) is 2.17. The summed E-state index contributed by atoms with van der Waals surface area (Å²) in [5.74, 6) is -1.08. The molecule has 0 atom stereocenters.